The summed E-state index contributed by atoms with van der Waals surface area (Å²) >= 11 is 0. The van der Waals surface area contributed by atoms with Gasteiger partial charge in [0.05, 0.1) is 13.0 Å². The van der Waals surface area contributed by atoms with Crippen LogP contribution in [0.3, 0.4) is 0 Å². The van der Waals surface area contributed by atoms with Gasteiger partial charge in [0, 0.05) is 0 Å². The van der Waals surface area contributed by atoms with Gasteiger partial charge in [-0.1, -0.05) is 13.3 Å². The Balaban J connectivity index is 2.46. The van der Waals surface area contributed by atoms with Crippen LogP contribution < -0.4 is 0 Å². The summed E-state index contributed by atoms with van der Waals surface area (Å²) in [7, 11) is 1.47. The van der Waals surface area contributed by atoms with Crippen molar-refractivity contribution in [2.45, 2.75) is 26.2 Å². The van der Waals surface area contributed by atoms with Crippen molar-refractivity contribution in [1.82, 2.24) is 0 Å². The van der Waals surface area contributed by atoms with Crippen molar-refractivity contribution < 1.29 is 9.53 Å². The van der Waals surface area contributed by atoms with Gasteiger partial charge >= 0.3 is 5.97 Å². The molecule has 2 heteroatoms. The van der Waals surface area contributed by atoms with Crippen LogP contribution in [-0.2, 0) is 9.53 Å². The van der Waals surface area contributed by atoms with Gasteiger partial charge < -0.3 is 4.74 Å². The minimum atomic E-state index is -0.0231. The molecule has 0 bridgehead atoms. The van der Waals surface area contributed by atoms with Crippen LogP contribution in [0.2, 0.25) is 0 Å². The highest BCUT2D eigenvalue weighted by atomic mass is 16.5. The Morgan fingerprint density at radius 3 is 2.60 bits per heavy atom. The molecule has 1 aliphatic carbocycles. The molecule has 0 aromatic heterocycles. The number of carbonyl (C=O) groups excluding carboxylic acids is 1. The van der Waals surface area contributed by atoms with E-state index in [9.17, 15) is 4.79 Å². The molecule has 0 saturated heterocycles. The molecule has 1 aliphatic rings. The molecular formula is C8H14O2. The SMILES string of the molecule is COC(=O)[C@@H]1CCC[C@@H]1C. The largest absolute Gasteiger partial charge is 0.469 e. The number of hydrogen-bond donors (Lipinski definition) is 0. The van der Waals surface area contributed by atoms with Crippen molar-refractivity contribution in [3.8, 4) is 0 Å². The van der Waals surface area contributed by atoms with Gasteiger partial charge in [-0.3, -0.25) is 4.79 Å². The van der Waals surface area contributed by atoms with Crippen LogP contribution in [0, 0.1) is 11.8 Å². The topological polar surface area (TPSA) is 26.3 Å². The zero-order chi connectivity index (χ0) is 7.56. The smallest absolute Gasteiger partial charge is 0.308 e. The Kier molecular flexibility index (Phi) is 2.30. The second-order valence-electron chi connectivity index (χ2n) is 3.04. The molecule has 2 atom stereocenters. The molecule has 0 radical (unpaired) electrons. The molecule has 1 saturated carbocycles. The number of carbonyl (C=O) groups is 1. The zero-order valence-electron chi connectivity index (χ0n) is 6.59. The second-order valence-corrected chi connectivity index (χ2v) is 3.04. The summed E-state index contributed by atoms with van der Waals surface area (Å²) in [6, 6.07) is 0. The minimum Gasteiger partial charge on any atom is -0.469 e. The third-order valence-electron chi connectivity index (χ3n) is 2.37. The molecule has 58 valence electrons. The van der Waals surface area contributed by atoms with E-state index in [2.05, 4.69) is 11.7 Å². The number of esters is 1. The van der Waals surface area contributed by atoms with Crippen molar-refractivity contribution in [1.29, 1.82) is 0 Å². The molecular weight excluding hydrogens is 128 g/mol. The highest BCUT2D eigenvalue weighted by molar-refractivity contribution is 5.72. The molecule has 0 N–H and O–H groups in total. The molecule has 0 aromatic carbocycles. The first-order valence-corrected chi connectivity index (χ1v) is 3.83. The van der Waals surface area contributed by atoms with Gasteiger partial charge in [0.2, 0.25) is 0 Å². The molecule has 2 nitrogen and oxygen atoms in total. The van der Waals surface area contributed by atoms with E-state index in [1.54, 1.807) is 0 Å². The fraction of sp³-hybridized carbons (Fsp3) is 0.875. The summed E-state index contributed by atoms with van der Waals surface area (Å²) in [4.78, 5) is 11.0. The maximum absolute atomic E-state index is 11.0. The van der Waals surface area contributed by atoms with E-state index in [0.717, 1.165) is 6.42 Å². The molecule has 0 amide bonds. The van der Waals surface area contributed by atoms with Crippen molar-refractivity contribution in [3.63, 3.8) is 0 Å². The lowest BCUT2D eigenvalue weighted by Crippen LogP contribution is -2.17. The van der Waals surface area contributed by atoms with Crippen LogP contribution in [0.15, 0.2) is 0 Å². The van der Waals surface area contributed by atoms with Gasteiger partial charge in [-0.2, -0.15) is 0 Å². The summed E-state index contributed by atoms with van der Waals surface area (Å²) in [5, 5.41) is 0. The lowest BCUT2D eigenvalue weighted by Gasteiger charge is -2.11. The van der Waals surface area contributed by atoms with Gasteiger partial charge in [-0.15, -0.1) is 0 Å². The zero-order valence-corrected chi connectivity index (χ0v) is 6.59. The lowest BCUT2D eigenvalue weighted by molar-refractivity contribution is -0.146. The first kappa shape index (κ1) is 7.58. The Morgan fingerprint density at radius 2 is 2.20 bits per heavy atom. The van der Waals surface area contributed by atoms with E-state index < -0.39 is 0 Å². The van der Waals surface area contributed by atoms with E-state index in [4.69, 9.17) is 0 Å². The van der Waals surface area contributed by atoms with Gasteiger partial charge in [-0.05, 0) is 18.8 Å². The second kappa shape index (κ2) is 3.04. The van der Waals surface area contributed by atoms with E-state index in [1.807, 2.05) is 0 Å². The highest BCUT2D eigenvalue weighted by Gasteiger charge is 2.30. The fourth-order valence-corrected chi connectivity index (χ4v) is 1.65. The monoisotopic (exact) mass is 142 g/mol. The average Bonchev–Trinajstić information content (AvgIpc) is 2.34. The van der Waals surface area contributed by atoms with Gasteiger partial charge in [-0.25, -0.2) is 0 Å². The van der Waals surface area contributed by atoms with Crippen LogP contribution in [0.4, 0.5) is 0 Å². The summed E-state index contributed by atoms with van der Waals surface area (Å²) < 4.78 is 4.67. The maximum Gasteiger partial charge on any atom is 0.308 e. The predicted molar refractivity (Wildman–Crippen MR) is 38.5 cm³/mol. The van der Waals surface area contributed by atoms with E-state index in [0.29, 0.717) is 5.92 Å². The standard InChI is InChI=1S/C8H14O2/c1-6-4-3-5-7(6)8(9)10-2/h6-7H,3-5H2,1-2H3/t6-,7+/m0/s1. The Hall–Kier alpha value is -0.530. The van der Waals surface area contributed by atoms with Crippen LogP contribution in [-0.4, -0.2) is 13.1 Å². The van der Waals surface area contributed by atoms with Crippen LogP contribution in [0.5, 0.6) is 0 Å². The molecule has 0 aliphatic heterocycles. The van der Waals surface area contributed by atoms with Gasteiger partial charge in [0.25, 0.3) is 0 Å². The quantitative estimate of drug-likeness (QED) is 0.520. The summed E-state index contributed by atoms with van der Waals surface area (Å²) in [6.07, 6.45) is 3.38. The molecule has 1 fully saturated rings. The van der Waals surface area contributed by atoms with Crippen molar-refractivity contribution in [2.75, 3.05) is 7.11 Å². The summed E-state index contributed by atoms with van der Waals surface area (Å²) in [5.41, 5.74) is 0. The Labute approximate surface area is 61.6 Å². The molecule has 1 rings (SSSR count). The Bertz CT molecular complexity index is 131. The molecule has 0 aromatic rings. The molecule has 0 spiro atoms. The summed E-state index contributed by atoms with van der Waals surface area (Å²) in [5.74, 6) is 0.697. The van der Waals surface area contributed by atoms with E-state index >= 15 is 0 Å². The number of rotatable bonds is 1. The van der Waals surface area contributed by atoms with Crippen LogP contribution in [0.1, 0.15) is 26.2 Å². The first-order valence-electron chi connectivity index (χ1n) is 3.83. The maximum atomic E-state index is 11.0. The fourth-order valence-electron chi connectivity index (χ4n) is 1.65. The Morgan fingerprint density at radius 1 is 1.50 bits per heavy atom. The number of ether oxygens (including phenoxy) is 1. The average molecular weight is 142 g/mol. The molecule has 0 unspecified atom stereocenters. The van der Waals surface area contributed by atoms with Crippen LogP contribution in [0.25, 0.3) is 0 Å². The molecule has 10 heavy (non-hydrogen) atoms. The van der Waals surface area contributed by atoms with Crippen molar-refractivity contribution in [3.05, 3.63) is 0 Å². The third kappa shape index (κ3) is 1.31. The van der Waals surface area contributed by atoms with Crippen molar-refractivity contribution >= 4 is 5.97 Å². The predicted octanol–water partition coefficient (Wildman–Crippen LogP) is 1.60. The highest BCUT2D eigenvalue weighted by Crippen LogP contribution is 2.31. The van der Waals surface area contributed by atoms with Crippen LogP contribution >= 0.6 is 0 Å². The van der Waals surface area contributed by atoms with E-state index in [-0.39, 0.29) is 11.9 Å². The summed E-state index contributed by atoms with van der Waals surface area (Å²) in [6.45, 7) is 2.12. The third-order valence-corrected chi connectivity index (χ3v) is 2.37. The number of methoxy groups -OCH3 is 1. The minimum absolute atomic E-state index is 0.0231. The first-order chi connectivity index (χ1) is 4.75. The molecule has 0 heterocycles. The van der Waals surface area contributed by atoms with Gasteiger partial charge in [0.15, 0.2) is 0 Å². The lowest BCUT2D eigenvalue weighted by atomic mass is 9.99. The van der Waals surface area contributed by atoms with Crippen molar-refractivity contribution in [2.24, 2.45) is 11.8 Å². The normalized spacial score (nSPS) is 32.2. The number of hydrogen-bond acceptors (Lipinski definition) is 2. The van der Waals surface area contributed by atoms with Gasteiger partial charge in [0.1, 0.15) is 0 Å². The van der Waals surface area contributed by atoms with E-state index in [1.165, 1.54) is 20.0 Å².